The van der Waals surface area contributed by atoms with Crippen molar-refractivity contribution in [3.8, 4) is 0 Å². The van der Waals surface area contributed by atoms with Crippen LogP contribution < -0.4 is 11.3 Å². The second-order valence-corrected chi connectivity index (χ2v) is 4.53. The number of rotatable bonds is 5. The van der Waals surface area contributed by atoms with Gasteiger partial charge in [-0.1, -0.05) is 37.3 Å². The van der Waals surface area contributed by atoms with Crippen molar-refractivity contribution in [1.29, 1.82) is 0 Å². The predicted molar refractivity (Wildman–Crippen MR) is 67.0 cm³/mol. The van der Waals surface area contributed by atoms with Crippen LogP contribution in [0.4, 0.5) is 0 Å². The maximum Gasteiger partial charge on any atom is 0.267 e. The van der Waals surface area contributed by atoms with Crippen molar-refractivity contribution in [2.75, 3.05) is 0 Å². The molecule has 0 spiro atoms. The molecule has 0 aromatic heterocycles. The summed E-state index contributed by atoms with van der Waals surface area (Å²) in [7, 11) is 0. The molecule has 0 bridgehead atoms. The monoisotopic (exact) mass is 236 g/mol. The van der Waals surface area contributed by atoms with E-state index in [4.69, 9.17) is 10.6 Å². The number of nitrogens with two attached hydrogens (primary N) is 1. The van der Waals surface area contributed by atoms with Crippen molar-refractivity contribution in [2.45, 2.75) is 38.9 Å². The molecule has 17 heavy (non-hydrogen) atoms. The first-order valence-corrected chi connectivity index (χ1v) is 5.73. The summed E-state index contributed by atoms with van der Waals surface area (Å²) in [5, 5.41) is 0. The number of ether oxygens (including phenoxy) is 1. The zero-order valence-electron chi connectivity index (χ0n) is 10.6. The number of benzene rings is 1. The Balaban J connectivity index is 2.94. The minimum atomic E-state index is -0.670. The number of nitrogens with one attached hydrogen (secondary N) is 1. The molecule has 94 valence electrons. The molecule has 0 aliphatic rings. The fourth-order valence-electron chi connectivity index (χ4n) is 1.38. The summed E-state index contributed by atoms with van der Waals surface area (Å²) in [6.45, 7) is 5.92. The standard InChI is InChI=1S/C13H20N2O2/c1-4-13(2,3)17-11(12(16)15-14)10-8-6-5-7-9-10/h5-9,11H,4,14H2,1-3H3,(H,15,16). The van der Waals surface area contributed by atoms with Crippen molar-refractivity contribution in [3.63, 3.8) is 0 Å². The maximum atomic E-state index is 11.7. The maximum absolute atomic E-state index is 11.7. The highest BCUT2D eigenvalue weighted by molar-refractivity contribution is 5.81. The van der Waals surface area contributed by atoms with E-state index in [2.05, 4.69) is 5.43 Å². The van der Waals surface area contributed by atoms with Crippen molar-refractivity contribution in [1.82, 2.24) is 5.43 Å². The third-order valence-corrected chi connectivity index (χ3v) is 2.77. The van der Waals surface area contributed by atoms with Crippen LogP contribution in [0.1, 0.15) is 38.9 Å². The van der Waals surface area contributed by atoms with Crippen LogP contribution in [0.25, 0.3) is 0 Å². The average Bonchev–Trinajstić information content (AvgIpc) is 2.36. The Morgan fingerprint density at radius 2 is 2.00 bits per heavy atom. The number of hydrogen-bond donors (Lipinski definition) is 2. The lowest BCUT2D eigenvalue weighted by molar-refractivity contribution is -0.145. The first-order valence-electron chi connectivity index (χ1n) is 5.73. The molecule has 0 radical (unpaired) electrons. The first kappa shape index (κ1) is 13.7. The Morgan fingerprint density at radius 1 is 1.41 bits per heavy atom. The Hall–Kier alpha value is -1.39. The highest BCUT2D eigenvalue weighted by Crippen LogP contribution is 2.26. The first-order chi connectivity index (χ1) is 8.00. The van der Waals surface area contributed by atoms with Crippen LogP contribution in [0.2, 0.25) is 0 Å². The summed E-state index contributed by atoms with van der Waals surface area (Å²) < 4.78 is 5.83. The number of amides is 1. The SMILES string of the molecule is CCC(C)(C)OC(C(=O)NN)c1ccccc1. The van der Waals surface area contributed by atoms with Crippen molar-refractivity contribution < 1.29 is 9.53 Å². The normalized spacial score (nSPS) is 13.2. The van der Waals surface area contributed by atoms with Crippen molar-refractivity contribution in [3.05, 3.63) is 35.9 Å². The molecule has 1 rings (SSSR count). The molecule has 4 nitrogen and oxygen atoms in total. The van der Waals surface area contributed by atoms with Crippen LogP contribution in [0.5, 0.6) is 0 Å². The van der Waals surface area contributed by atoms with Gasteiger partial charge in [0.05, 0.1) is 5.60 Å². The zero-order valence-corrected chi connectivity index (χ0v) is 10.6. The van der Waals surface area contributed by atoms with E-state index < -0.39 is 6.10 Å². The summed E-state index contributed by atoms with van der Waals surface area (Å²) in [6, 6.07) is 9.34. The summed E-state index contributed by atoms with van der Waals surface area (Å²) in [4.78, 5) is 11.7. The van der Waals surface area contributed by atoms with Crippen LogP contribution in [0.15, 0.2) is 30.3 Å². The predicted octanol–water partition coefficient (Wildman–Crippen LogP) is 1.92. The minimum Gasteiger partial charge on any atom is -0.358 e. The van der Waals surface area contributed by atoms with Gasteiger partial charge in [-0.25, -0.2) is 5.84 Å². The second-order valence-electron chi connectivity index (χ2n) is 4.53. The van der Waals surface area contributed by atoms with E-state index in [-0.39, 0.29) is 11.5 Å². The number of carbonyl (C=O) groups is 1. The largest absolute Gasteiger partial charge is 0.358 e. The molecule has 0 saturated heterocycles. The lowest BCUT2D eigenvalue weighted by Gasteiger charge is -2.29. The zero-order chi connectivity index (χ0) is 12.9. The van der Waals surface area contributed by atoms with E-state index in [0.717, 1.165) is 12.0 Å². The van der Waals surface area contributed by atoms with Gasteiger partial charge in [-0.3, -0.25) is 10.2 Å². The van der Waals surface area contributed by atoms with Crippen molar-refractivity contribution in [2.24, 2.45) is 5.84 Å². The van der Waals surface area contributed by atoms with Gasteiger partial charge in [0, 0.05) is 0 Å². The molecule has 0 saturated carbocycles. The van der Waals surface area contributed by atoms with E-state index in [1.807, 2.05) is 51.1 Å². The highest BCUT2D eigenvalue weighted by Gasteiger charge is 2.28. The number of hydrogen-bond acceptors (Lipinski definition) is 3. The van der Waals surface area contributed by atoms with Crippen molar-refractivity contribution >= 4 is 5.91 Å². The lowest BCUT2D eigenvalue weighted by Crippen LogP contribution is -2.39. The number of hydrazine groups is 1. The second kappa shape index (κ2) is 5.80. The Morgan fingerprint density at radius 3 is 2.47 bits per heavy atom. The summed E-state index contributed by atoms with van der Waals surface area (Å²) in [6.07, 6.45) is 0.143. The van der Waals surface area contributed by atoms with E-state index in [9.17, 15) is 4.79 Å². The van der Waals surface area contributed by atoms with Gasteiger partial charge in [-0.2, -0.15) is 0 Å². The fraction of sp³-hybridized carbons (Fsp3) is 0.462. The summed E-state index contributed by atoms with van der Waals surface area (Å²) in [5.74, 6) is 4.86. The van der Waals surface area contributed by atoms with Crippen LogP contribution in [0, 0.1) is 0 Å². The molecule has 1 aromatic carbocycles. The molecule has 1 aromatic rings. The molecule has 1 atom stereocenters. The molecular weight excluding hydrogens is 216 g/mol. The van der Waals surface area contributed by atoms with Gasteiger partial charge < -0.3 is 4.74 Å². The van der Waals surface area contributed by atoms with Crippen LogP contribution in [-0.4, -0.2) is 11.5 Å². The van der Waals surface area contributed by atoms with E-state index >= 15 is 0 Å². The van der Waals surface area contributed by atoms with E-state index in [1.165, 1.54) is 0 Å². The van der Waals surface area contributed by atoms with Gasteiger partial charge >= 0.3 is 0 Å². The van der Waals surface area contributed by atoms with Gasteiger partial charge in [0.25, 0.3) is 5.91 Å². The molecule has 3 N–H and O–H groups in total. The van der Waals surface area contributed by atoms with Gasteiger partial charge in [-0.15, -0.1) is 0 Å². The number of carbonyl (C=O) groups excluding carboxylic acids is 1. The molecule has 4 heteroatoms. The Bertz CT molecular complexity index is 363. The smallest absolute Gasteiger partial charge is 0.267 e. The topological polar surface area (TPSA) is 64.3 Å². The summed E-state index contributed by atoms with van der Waals surface area (Å²) >= 11 is 0. The van der Waals surface area contributed by atoms with E-state index in [0.29, 0.717) is 0 Å². The van der Waals surface area contributed by atoms with Gasteiger partial charge in [0.1, 0.15) is 0 Å². The average molecular weight is 236 g/mol. The van der Waals surface area contributed by atoms with Crippen LogP contribution in [0.3, 0.4) is 0 Å². The third kappa shape index (κ3) is 3.84. The third-order valence-electron chi connectivity index (χ3n) is 2.77. The molecule has 0 aliphatic heterocycles. The van der Waals surface area contributed by atoms with Crippen LogP contribution in [-0.2, 0) is 9.53 Å². The molecule has 0 heterocycles. The van der Waals surface area contributed by atoms with E-state index in [1.54, 1.807) is 0 Å². The molecule has 0 fully saturated rings. The fourth-order valence-corrected chi connectivity index (χ4v) is 1.38. The Kier molecular flexibility index (Phi) is 4.66. The van der Waals surface area contributed by atoms with Gasteiger partial charge in [0.2, 0.25) is 0 Å². The molecule has 1 unspecified atom stereocenters. The van der Waals surface area contributed by atoms with Gasteiger partial charge in [-0.05, 0) is 25.8 Å². The summed E-state index contributed by atoms with van der Waals surface area (Å²) in [5.41, 5.74) is 2.58. The molecule has 1 amide bonds. The quantitative estimate of drug-likeness (QED) is 0.466. The Labute approximate surface area is 102 Å². The lowest BCUT2D eigenvalue weighted by atomic mass is 10.0. The minimum absolute atomic E-state index is 0.335. The van der Waals surface area contributed by atoms with Gasteiger partial charge in [0.15, 0.2) is 6.10 Å². The molecular formula is C13H20N2O2. The van der Waals surface area contributed by atoms with Crippen LogP contribution >= 0.6 is 0 Å². The highest BCUT2D eigenvalue weighted by atomic mass is 16.5. The molecule has 0 aliphatic carbocycles.